The lowest BCUT2D eigenvalue weighted by molar-refractivity contribution is -0.150. The molecular weight excluding hydrogens is 594 g/mol. The van der Waals surface area contributed by atoms with E-state index in [9.17, 15) is 9.59 Å². The van der Waals surface area contributed by atoms with Crippen LogP contribution in [0.4, 0.5) is 0 Å². The molecule has 210 valence electrons. The van der Waals surface area contributed by atoms with Crippen LogP contribution in [0.3, 0.4) is 0 Å². The minimum atomic E-state index is -0.855. The first-order valence-corrected chi connectivity index (χ1v) is 13.5. The number of nitrogens with zero attached hydrogens (tertiary/aromatic N) is 3. The molecule has 0 spiro atoms. The van der Waals surface area contributed by atoms with Crippen LogP contribution in [0.15, 0.2) is 79.4 Å². The van der Waals surface area contributed by atoms with Crippen molar-refractivity contribution in [3.63, 3.8) is 0 Å². The number of methoxy groups -OCH3 is 2. The van der Waals surface area contributed by atoms with Gasteiger partial charge in [-0.25, -0.2) is 9.78 Å². The number of hydrogen-bond donors (Lipinski definition) is 0. The van der Waals surface area contributed by atoms with Gasteiger partial charge in [0.1, 0.15) is 11.3 Å². The molecule has 0 radical (unpaired) electrons. The van der Waals surface area contributed by atoms with Crippen LogP contribution in [0.2, 0.25) is 0 Å². The number of fused-ring (bicyclic) bond motifs is 2. The van der Waals surface area contributed by atoms with Crippen molar-refractivity contribution in [1.82, 2.24) is 9.66 Å². The number of furan rings is 1. The molecule has 1 atom stereocenters. The molecule has 0 N–H and O–H groups in total. The summed E-state index contributed by atoms with van der Waals surface area (Å²) in [5.74, 6) is 1.38. The van der Waals surface area contributed by atoms with Crippen molar-refractivity contribution in [2.75, 3.05) is 20.8 Å². The summed E-state index contributed by atoms with van der Waals surface area (Å²) in [6.07, 6.45) is 0.642. The predicted molar refractivity (Wildman–Crippen MR) is 158 cm³/mol. The minimum absolute atomic E-state index is 0.220. The third-order valence-electron chi connectivity index (χ3n) is 6.20. The number of carbonyl (C=O) groups excluding carboxylic acids is 1. The van der Waals surface area contributed by atoms with Crippen LogP contribution in [0.25, 0.3) is 33.5 Å². The molecule has 5 aromatic rings. The number of hydrogen-bond acceptors (Lipinski definition) is 9. The highest BCUT2D eigenvalue weighted by Gasteiger charge is 2.21. The Balaban J connectivity index is 1.59. The fourth-order valence-electron chi connectivity index (χ4n) is 4.25. The van der Waals surface area contributed by atoms with E-state index < -0.39 is 12.1 Å². The van der Waals surface area contributed by atoms with Crippen molar-refractivity contribution in [2.24, 2.45) is 5.10 Å². The van der Waals surface area contributed by atoms with Gasteiger partial charge in [0.15, 0.2) is 23.4 Å². The van der Waals surface area contributed by atoms with Gasteiger partial charge >= 0.3 is 5.97 Å². The molecule has 5 rings (SSSR count). The average molecular weight is 620 g/mol. The summed E-state index contributed by atoms with van der Waals surface area (Å²) in [4.78, 5) is 30.4. The zero-order chi connectivity index (χ0) is 29.1. The Kier molecular flexibility index (Phi) is 8.06. The van der Waals surface area contributed by atoms with Crippen LogP contribution >= 0.6 is 15.9 Å². The zero-order valence-corrected chi connectivity index (χ0v) is 24.3. The van der Waals surface area contributed by atoms with Gasteiger partial charge in [-0.2, -0.15) is 9.78 Å². The van der Waals surface area contributed by atoms with Crippen molar-refractivity contribution in [2.45, 2.75) is 20.0 Å². The summed E-state index contributed by atoms with van der Waals surface area (Å²) >= 11 is 3.49. The molecule has 2 aromatic heterocycles. The summed E-state index contributed by atoms with van der Waals surface area (Å²) in [5.41, 5.74) is 1.30. The van der Waals surface area contributed by atoms with Gasteiger partial charge in [-0.05, 0) is 77.8 Å². The normalized spacial score (nSPS) is 12.1. The molecular formula is C30H26BrN3O7. The van der Waals surface area contributed by atoms with Gasteiger partial charge < -0.3 is 23.4 Å². The Morgan fingerprint density at radius 3 is 2.61 bits per heavy atom. The van der Waals surface area contributed by atoms with Crippen LogP contribution < -0.4 is 19.8 Å². The van der Waals surface area contributed by atoms with Crippen molar-refractivity contribution >= 4 is 50.0 Å². The third-order valence-corrected chi connectivity index (χ3v) is 6.79. The first-order chi connectivity index (χ1) is 19.8. The summed E-state index contributed by atoms with van der Waals surface area (Å²) in [5, 5.41) is 5.65. The molecule has 0 bridgehead atoms. The Hall–Kier alpha value is -4.64. The summed E-state index contributed by atoms with van der Waals surface area (Å²) < 4.78 is 29.6. The molecule has 11 heteroatoms. The lowest BCUT2D eigenvalue weighted by Crippen LogP contribution is -2.26. The van der Waals surface area contributed by atoms with E-state index in [1.54, 1.807) is 57.4 Å². The van der Waals surface area contributed by atoms with Crippen molar-refractivity contribution in [3.8, 4) is 28.8 Å². The lowest BCUT2D eigenvalue weighted by Gasteiger charge is -2.17. The second kappa shape index (κ2) is 11.8. The Morgan fingerprint density at radius 1 is 1.07 bits per heavy atom. The van der Waals surface area contributed by atoms with E-state index in [4.69, 9.17) is 28.3 Å². The van der Waals surface area contributed by atoms with Gasteiger partial charge in [-0.1, -0.05) is 18.2 Å². The number of carbonyl (C=O) groups is 1. The number of benzene rings is 3. The molecule has 0 aliphatic rings. The SMILES string of the molecule is CCOC(=O)[C@@H](C)Oc1c(Br)cc(C=Nn2c(-c3cc4c(OC)cccc4o3)nc3ccccc3c2=O)cc1OC. The molecule has 0 amide bonds. The first-order valence-electron chi connectivity index (χ1n) is 12.7. The van der Waals surface area contributed by atoms with E-state index in [1.165, 1.54) is 18.0 Å². The van der Waals surface area contributed by atoms with Crippen LogP contribution in [-0.2, 0) is 9.53 Å². The second-order valence-corrected chi connectivity index (χ2v) is 9.70. The van der Waals surface area contributed by atoms with Crippen molar-refractivity contribution in [3.05, 3.63) is 81.1 Å². The largest absolute Gasteiger partial charge is 0.496 e. The van der Waals surface area contributed by atoms with E-state index in [2.05, 4.69) is 21.0 Å². The molecule has 2 heterocycles. The Bertz CT molecular complexity index is 1840. The average Bonchev–Trinajstić information content (AvgIpc) is 3.42. The minimum Gasteiger partial charge on any atom is -0.496 e. The quantitative estimate of drug-likeness (QED) is 0.150. The van der Waals surface area contributed by atoms with Crippen molar-refractivity contribution in [1.29, 1.82) is 0 Å². The molecule has 0 saturated heterocycles. The molecule has 0 aliphatic carbocycles. The van der Waals surface area contributed by atoms with E-state index >= 15 is 0 Å². The van der Waals surface area contributed by atoms with E-state index in [1.807, 2.05) is 24.3 Å². The molecule has 0 unspecified atom stereocenters. The fraction of sp³-hybridized carbons (Fsp3) is 0.200. The first kappa shape index (κ1) is 27.9. The van der Waals surface area contributed by atoms with Gasteiger partial charge in [0.25, 0.3) is 5.56 Å². The topological polar surface area (TPSA) is 114 Å². The van der Waals surface area contributed by atoms with Gasteiger partial charge in [-0.15, -0.1) is 0 Å². The molecule has 0 fully saturated rings. The zero-order valence-electron chi connectivity index (χ0n) is 22.7. The van der Waals surface area contributed by atoms with Crippen LogP contribution in [-0.4, -0.2) is 48.8 Å². The lowest BCUT2D eigenvalue weighted by atomic mass is 10.2. The van der Waals surface area contributed by atoms with Crippen molar-refractivity contribution < 1.29 is 28.2 Å². The fourth-order valence-corrected chi connectivity index (χ4v) is 4.80. The molecule has 10 nitrogen and oxygen atoms in total. The molecule has 3 aromatic carbocycles. The van der Waals surface area contributed by atoms with Gasteiger partial charge in [0, 0.05) is 0 Å². The van der Waals surface area contributed by atoms with Gasteiger partial charge in [0.05, 0.1) is 47.8 Å². The van der Waals surface area contributed by atoms with Crippen LogP contribution in [0.1, 0.15) is 19.4 Å². The Morgan fingerprint density at radius 2 is 1.85 bits per heavy atom. The monoisotopic (exact) mass is 619 g/mol. The number of esters is 1. The maximum atomic E-state index is 13.6. The summed E-state index contributed by atoms with van der Waals surface area (Å²) in [6.45, 7) is 3.56. The highest BCUT2D eigenvalue weighted by Crippen LogP contribution is 2.37. The summed E-state index contributed by atoms with van der Waals surface area (Å²) in [6, 6.07) is 17.7. The van der Waals surface area contributed by atoms with E-state index in [0.717, 1.165) is 5.39 Å². The standard InChI is InChI=1S/C30H26BrN3O7/c1-5-39-30(36)17(2)40-27-21(31)13-18(14-25(27)38-4)16-32-34-28(33-22-10-7-6-9-19(22)29(34)35)26-15-20-23(37-3)11-8-12-24(20)41-26/h6-17H,5H2,1-4H3/t17-/m1/s1. The van der Waals surface area contributed by atoms with Crippen LogP contribution in [0, 0.1) is 0 Å². The molecule has 0 aliphatic heterocycles. The Labute approximate surface area is 243 Å². The third kappa shape index (κ3) is 5.53. The number of aromatic nitrogens is 2. The maximum absolute atomic E-state index is 13.6. The number of rotatable bonds is 9. The molecule has 0 saturated carbocycles. The molecule has 41 heavy (non-hydrogen) atoms. The maximum Gasteiger partial charge on any atom is 0.347 e. The number of halogens is 1. The van der Waals surface area contributed by atoms with Crippen LogP contribution in [0.5, 0.6) is 17.2 Å². The number of para-hydroxylation sites is 1. The smallest absolute Gasteiger partial charge is 0.347 e. The van der Waals surface area contributed by atoms with E-state index in [-0.39, 0.29) is 18.0 Å². The summed E-state index contributed by atoms with van der Waals surface area (Å²) in [7, 11) is 3.06. The van der Waals surface area contributed by atoms with Gasteiger partial charge in [0.2, 0.25) is 5.82 Å². The second-order valence-electron chi connectivity index (χ2n) is 8.84. The number of ether oxygens (including phenoxy) is 4. The van der Waals surface area contributed by atoms with Gasteiger partial charge in [-0.3, -0.25) is 4.79 Å². The highest BCUT2D eigenvalue weighted by molar-refractivity contribution is 9.10. The predicted octanol–water partition coefficient (Wildman–Crippen LogP) is 5.80. The van der Waals surface area contributed by atoms with E-state index in [0.29, 0.717) is 49.5 Å². The highest BCUT2D eigenvalue weighted by atomic mass is 79.9.